The monoisotopic (exact) mass is 371 g/mol. The SMILES string of the molecule is COc1ccc2nc(Cc3ccc(-c4cc(C)cc(C)c4)nc3)[nH]c(=O)c2c1. The van der Waals surface area contributed by atoms with E-state index in [1.54, 1.807) is 25.3 Å². The first-order chi connectivity index (χ1) is 13.5. The highest BCUT2D eigenvalue weighted by Crippen LogP contribution is 2.21. The molecule has 28 heavy (non-hydrogen) atoms. The number of pyridine rings is 1. The van der Waals surface area contributed by atoms with Gasteiger partial charge in [-0.25, -0.2) is 4.98 Å². The van der Waals surface area contributed by atoms with Gasteiger partial charge in [0.15, 0.2) is 0 Å². The molecule has 5 heteroatoms. The van der Waals surface area contributed by atoms with Crippen molar-refractivity contribution in [1.29, 1.82) is 0 Å². The number of benzene rings is 2. The van der Waals surface area contributed by atoms with Gasteiger partial charge in [0.1, 0.15) is 11.6 Å². The first-order valence-electron chi connectivity index (χ1n) is 9.12. The van der Waals surface area contributed by atoms with Gasteiger partial charge in [-0.15, -0.1) is 0 Å². The number of nitrogens with one attached hydrogen (secondary N) is 1. The smallest absolute Gasteiger partial charge is 0.258 e. The third-order valence-electron chi connectivity index (χ3n) is 4.68. The number of hydrogen-bond acceptors (Lipinski definition) is 4. The van der Waals surface area contributed by atoms with Gasteiger partial charge < -0.3 is 9.72 Å². The van der Waals surface area contributed by atoms with Crippen LogP contribution in [0.1, 0.15) is 22.5 Å². The molecule has 2 aromatic heterocycles. The summed E-state index contributed by atoms with van der Waals surface area (Å²) in [6.07, 6.45) is 2.35. The first kappa shape index (κ1) is 17.9. The van der Waals surface area contributed by atoms with Crippen molar-refractivity contribution in [3.8, 4) is 17.0 Å². The number of fused-ring (bicyclic) bond motifs is 1. The summed E-state index contributed by atoms with van der Waals surface area (Å²) in [6.45, 7) is 4.17. The molecule has 4 rings (SSSR count). The molecule has 0 saturated carbocycles. The molecule has 0 radical (unpaired) electrons. The number of aromatic nitrogens is 3. The Morgan fingerprint density at radius 1 is 1.00 bits per heavy atom. The molecule has 1 N–H and O–H groups in total. The maximum Gasteiger partial charge on any atom is 0.258 e. The molecule has 0 aliphatic carbocycles. The van der Waals surface area contributed by atoms with E-state index in [0.29, 0.717) is 28.9 Å². The minimum absolute atomic E-state index is 0.168. The Morgan fingerprint density at radius 3 is 2.46 bits per heavy atom. The van der Waals surface area contributed by atoms with Crippen molar-refractivity contribution in [3.05, 3.63) is 87.6 Å². The predicted octanol–water partition coefficient (Wildman–Crippen LogP) is 4.20. The number of hydrogen-bond donors (Lipinski definition) is 1. The van der Waals surface area contributed by atoms with Crippen LogP contribution in [0.5, 0.6) is 5.75 Å². The Labute approximate surface area is 163 Å². The van der Waals surface area contributed by atoms with Gasteiger partial charge in [-0.2, -0.15) is 0 Å². The molecule has 2 heterocycles. The van der Waals surface area contributed by atoms with Gasteiger partial charge >= 0.3 is 0 Å². The van der Waals surface area contributed by atoms with E-state index in [4.69, 9.17) is 4.74 Å². The molecule has 140 valence electrons. The van der Waals surface area contributed by atoms with Crippen molar-refractivity contribution in [2.75, 3.05) is 7.11 Å². The zero-order valence-electron chi connectivity index (χ0n) is 16.1. The van der Waals surface area contributed by atoms with E-state index < -0.39 is 0 Å². The molecule has 0 atom stereocenters. The average molecular weight is 371 g/mol. The molecule has 0 bridgehead atoms. The molecule has 0 aliphatic rings. The van der Waals surface area contributed by atoms with Crippen LogP contribution in [0, 0.1) is 13.8 Å². The highest BCUT2D eigenvalue weighted by atomic mass is 16.5. The first-order valence-corrected chi connectivity index (χ1v) is 9.12. The maximum absolute atomic E-state index is 12.4. The quantitative estimate of drug-likeness (QED) is 0.584. The fraction of sp³-hybridized carbons (Fsp3) is 0.174. The molecule has 0 amide bonds. The number of ether oxygens (including phenoxy) is 1. The molecule has 0 spiro atoms. The number of methoxy groups -OCH3 is 1. The van der Waals surface area contributed by atoms with Gasteiger partial charge in [0.05, 0.1) is 23.7 Å². The van der Waals surface area contributed by atoms with Crippen LogP contribution in [-0.4, -0.2) is 22.1 Å². The summed E-state index contributed by atoms with van der Waals surface area (Å²) >= 11 is 0. The second kappa shape index (κ2) is 7.27. The Balaban J connectivity index is 1.61. The van der Waals surface area contributed by atoms with Crippen LogP contribution in [0.4, 0.5) is 0 Å². The van der Waals surface area contributed by atoms with Crippen molar-refractivity contribution in [2.24, 2.45) is 0 Å². The van der Waals surface area contributed by atoms with Crippen LogP contribution in [0.15, 0.2) is 59.5 Å². The Bertz CT molecular complexity index is 1190. The van der Waals surface area contributed by atoms with Gasteiger partial charge in [-0.1, -0.05) is 23.3 Å². The molecular weight excluding hydrogens is 350 g/mol. The lowest BCUT2D eigenvalue weighted by molar-refractivity contribution is 0.415. The van der Waals surface area contributed by atoms with Crippen LogP contribution in [-0.2, 0) is 6.42 Å². The van der Waals surface area contributed by atoms with E-state index in [1.165, 1.54) is 11.1 Å². The lowest BCUT2D eigenvalue weighted by atomic mass is 10.0. The van der Waals surface area contributed by atoms with Gasteiger partial charge in [-0.05, 0) is 55.8 Å². The van der Waals surface area contributed by atoms with Gasteiger partial charge in [-0.3, -0.25) is 9.78 Å². The van der Waals surface area contributed by atoms with Crippen LogP contribution in [0.25, 0.3) is 22.2 Å². The van der Waals surface area contributed by atoms with Crippen LogP contribution in [0.2, 0.25) is 0 Å². The van der Waals surface area contributed by atoms with E-state index in [1.807, 2.05) is 18.3 Å². The summed E-state index contributed by atoms with van der Waals surface area (Å²) in [6, 6.07) is 15.7. The second-order valence-corrected chi connectivity index (χ2v) is 7.00. The maximum atomic E-state index is 12.4. The number of rotatable bonds is 4. The molecule has 0 unspecified atom stereocenters. The van der Waals surface area contributed by atoms with Crippen molar-refractivity contribution in [1.82, 2.24) is 15.0 Å². The van der Waals surface area contributed by atoms with Crippen molar-refractivity contribution in [2.45, 2.75) is 20.3 Å². The number of H-pyrrole nitrogens is 1. The van der Waals surface area contributed by atoms with E-state index >= 15 is 0 Å². The van der Waals surface area contributed by atoms with Crippen LogP contribution < -0.4 is 10.3 Å². The van der Waals surface area contributed by atoms with Crippen LogP contribution in [0.3, 0.4) is 0 Å². The summed E-state index contributed by atoms with van der Waals surface area (Å²) < 4.78 is 5.18. The van der Waals surface area contributed by atoms with E-state index in [0.717, 1.165) is 16.8 Å². The molecular formula is C23H21N3O2. The average Bonchev–Trinajstić information content (AvgIpc) is 2.67. The Kier molecular flexibility index (Phi) is 4.65. The summed E-state index contributed by atoms with van der Waals surface area (Å²) in [5.74, 6) is 1.25. The van der Waals surface area contributed by atoms with Gasteiger partial charge in [0.25, 0.3) is 5.56 Å². The zero-order valence-corrected chi connectivity index (χ0v) is 16.1. The van der Waals surface area contributed by atoms with E-state index in [2.05, 4.69) is 47.0 Å². The number of aromatic amines is 1. The second-order valence-electron chi connectivity index (χ2n) is 7.00. The van der Waals surface area contributed by atoms with Crippen molar-refractivity contribution < 1.29 is 4.74 Å². The molecule has 0 aliphatic heterocycles. The molecule has 2 aromatic carbocycles. The molecule has 5 nitrogen and oxygen atoms in total. The third kappa shape index (κ3) is 3.64. The molecule has 0 saturated heterocycles. The van der Waals surface area contributed by atoms with Gasteiger partial charge in [0.2, 0.25) is 0 Å². The van der Waals surface area contributed by atoms with E-state index in [-0.39, 0.29) is 5.56 Å². The van der Waals surface area contributed by atoms with Gasteiger partial charge in [0, 0.05) is 18.2 Å². The summed E-state index contributed by atoms with van der Waals surface area (Å²) in [7, 11) is 1.58. The minimum atomic E-state index is -0.168. The summed E-state index contributed by atoms with van der Waals surface area (Å²) in [5.41, 5.74) is 5.95. The van der Waals surface area contributed by atoms with Crippen LogP contribution >= 0.6 is 0 Å². The Hall–Kier alpha value is -3.47. The van der Waals surface area contributed by atoms with E-state index in [9.17, 15) is 4.79 Å². The molecule has 4 aromatic rings. The fourth-order valence-corrected chi connectivity index (χ4v) is 3.39. The fourth-order valence-electron chi connectivity index (χ4n) is 3.39. The van der Waals surface area contributed by atoms with Crippen molar-refractivity contribution in [3.63, 3.8) is 0 Å². The standard InChI is InChI=1S/C23H21N3O2/c1-14-8-15(2)10-17(9-14)20-6-4-16(13-24-20)11-22-25-21-7-5-18(28-3)12-19(21)23(27)26-22/h4-10,12-13H,11H2,1-3H3,(H,25,26,27). The highest BCUT2D eigenvalue weighted by Gasteiger charge is 2.07. The number of nitrogens with zero attached hydrogens (tertiary/aromatic N) is 2. The third-order valence-corrected chi connectivity index (χ3v) is 4.68. The zero-order chi connectivity index (χ0) is 19.7. The predicted molar refractivity (Wildman–Crippen MR) is 111 cm³/mol. The lowest BCUT2D eigenvalue weighted by Gasteiger charge is -2.07. The Morgan fingerprint density at radius 2 is 1.79 bits per heavy atom. The normalized spacial score (nSPS) is 11.0. The number of aryl methyl sites for hydroxylation is 2. The summed E-state index contributed by atoms with van der Waals surface area (Å²) in [4.78, 5) is 24.4. The molecule has 0 fully saturated rings. The highest BCUT2D eigenvalue weighted by molar-refractivity contribution is 5.79. The topological polar surface area (TPSA) is 67.9 Å². The summed E-state index contributed by atoms with van der Waals surface area (Å²) in [5, 5.41) is 0.520. The lowest BCUT2D eigenvalue weighted by Crippen LogP contribution is -2.12. The largest absolute Gasteiger partial charge is 0.497 e. The van der Waals surface area contributed by atoms with Crippen molar-refractivity contribution >= 4 is 10.9 Å². The minimum Gasteiger partial charge on any atom is -0.497 e.